The van der Waals surface area contributed by atoms with Gasteiger partial charge in [-0.2, -0.15) is 0 Å². The van der Waals surface area contributed by atoms with Crippen molar-refractivity contribution >= 4 is 27.5 Å². The Morgan fingerprint density at radius 3 is 3.06 bits per heavy atom. The summed E-state index contributed by atoms with van der Waals surface area (Å²) in [6.07, 6.45) is 0. The van der Waals surface area contributed by atoms with E-state index in [0.29, 0.717) is 24.4 Å². The summed E-state index contributed by atoms with van der Waals surface area (Å²) in [5, 5.41) is 3.72. The van der Waals surface area contributed by atoms with Crippen LogP contribution >= 0.6 is 11.3 Å². The number of rotatable bonds is 3. The fraction of sp³-hybridized carbons (Fsp3) is 0.400. The Kier molecular flexibility index (Phi) is 2.93. The lowest BCUT2D eigenvalue weighted by molar-refractivity contribution is 0.836. The van der Waals surface area contributed by atoms with Crippen LogP contribution in [-0.4, -0.2) is 22.6 Å². The second-order valence-corrected chi connectivity index (χ2v) is 4.83. The Bertz CT molecular complexity index is 572. The van der Waals surface area contributed by atoms with E-state index in [-0.39, 0.29) is 5.56 Å². The van der Waals surface area contributed by atoms with E-state index in [4.69, 9.17) is 5.73 Å². The number of thiophene rings is 1. The zero-order chi connectivity index (χ0) is 11.7. The third kappa shape index (κ3) is 1.81. The van der Waals surface area contributed by atoms with E-state index in [2.05, 4.69) is 10.3 Å². The van der Waals surface area contributed by atoms with Crippen molar-refractivity contribution in [3.63, 3.8) is 0 Å². The molecule has 0 radical (unpaired) electrons. The van der Waals surface area contributed by atoms with Crippen molar-refractivity contribution in [1.29, 1.82) is 0 Å². The van der Waals surface area contributed by atoms with Crippen LogP contribution in [0.2, 0.25) is 0 Å². The molecule has 16 heavy (non-hydrogen) atoms. The van der Waals surface area contributed by atoms with Crippen LogP contribution in [-0.2, 0) is 7.05 Å². The van der Waals surface area contributed by atoms with Crippen molar-refractivity contribution in [2.45, 2.75) is 6.92 Å². The van der Waals surface area contributed by atoms with Crippen molar-refractivity contribution in [2.24, 2.45) is 12.8 Å². The summed E-state index contributed by atoms with van der Waals surface area (Å²) in [6.45, 7) is 3.09. The first-order valence-corrected chi connectivity index (χ1v) is 5.86. The first-order chi connectivity index (χ1) is 7.63. The van der Waals surface area contributed by atoms with Gasteiger partial charge in [0.1, 0.15) is 4.83 Å². The molecule has 0 atom stereocenters. The second kappa shape index (κ2) is 4.23. The van der Waals surface area contributed by atoms with Gasteiger partial charge in [-0.1, -0.05) is 0 Å². The number of aryl methyl sites for hydroxylation is 1. The molecule has 0 aliphatic rings. The Morgan fingerprint density at radius 2 is 2.38 bits per heavy atom. The fourth-order valence-electron chi connectivity index (χ4n) is 1.53. The van der Waals surface area contributed by atoms with Gasteiger partial charge < -0.3 is 11.1 Å². The van der Waals surface area contributed by atoms with Crippen molar-refractivity contribution in [2.75, 3.05) is 18.4 Å². The third-order valence-electron chi connectivity index (χ3n) is 2.32. The number of hydrogen-bond donors (Lipinski definition) is 2. The molecule has 0 unspecified atom stereocenters. The first kappa shape index (κ1) is 11.1. The minimum Gasteiger partial charge on any atom is -0.354 e. The molecule has 0 bridgehead atoms. The highest BCUT2D eigenvalue weighted by Gasteiger charge is 2.09. The van der Waals surface area contributed by atoms with E-state index in [9.17, 15) is 4.79 Å². The zero-order valence-corrected chi connectivity index (χ0v) is 10.1. The quantitative estimate of drug-likeness (QED) is 0.824. The molecule has 2 aromatic heterocycles. The molecule has 86 valence electrons. The molecule has 2 rings (SSSR count). The zero-order valence-electron chi connectivity index (χ0n) is 9.28. The molecule has 0 aromatic carbocycles. The van der Waals surface area contributed by atoms with E-state index in [1.165, 1.54) is 15.9 Å². The molecule has 0 fully saturated rings. The summed E-state index contributed by atoms with van der Waals surface area (Å²) in [6, 6.07) is 1.88. The molecule has 0 saturated carbocycles. The number of anilines is 1. The number of nitrogens with two attached hydrogens (primary N) is 1. The van der Waals surface area contributed by atoms with Gasteiger partial charge in [0.15, 0.2) is 0 Å². The van der Waals surface area contributed by atoms with Gasteiger partial charge in [-0.25, -0.2) is 4.98 Å². The SMILES string of the molecule is Cc1cc2c(=O)n(C)c(NCCN)nc2s1. The van der Waals surface area contributed by atoms with Gasteiger partial charge in [0.05, 0.1) is 5.39 Å². The highest BCUT2D eigenvalue weighted by Crippen LogP contribution is 2.21. The lowest BCUT2D eigenvalue weighted by Gasteiger charge is -2.08. The molecular weight excluding hydrogens is 224 g/mol. The smallest absolute Gasteiger partial charge is 0.263 e. The molecule has 0 saturated heterocycles. The summed E-state index contributed by atoms with van der Waals surface area (Å²) < 4.78 is 1.52. The average Bonchev–Trinajstić information content (AvgIpc) is 2.62. The van der Waals surface area contributed by atoms with Crippen molar-refractivity contribution in [3.8, 4) is 0 Å². The van der Waals surface area contributed by atoms with E-state index in [1.54, 1.807) is 7.05 Å². The highest BCUT2D eigenvalue weighted by molar-refractivity contribution is 7.18. The molecule has 0 amide bonds. The van der Waals surface area contributed by atoms with Gasteiger partial charge >= 0.3 is 0 Å². The van der Waals surface area contributed by atoms with E-state index in [1.807, 2.05) is 13.0 Å². The van der Waals surface area contributed by atoms with Crippen molar-refractivity contribution < 1.29 is 0 Å². The van der Waals surface area contributed by atoms with Gasteiger partial charge in [-0.15, -0.1) is 11.3 Å². The molecule has 2 heterocycles. The van der Waals surface area contributed by atoms with E-state index in [0.717, 1.165) is 9.71 Å². The van der Waals surface area contributed by atoms with Crippen LogP contribution in [0.15, 0.2) is 10.9 Å². The van der Waals surface area contributed by atoms with E-state index < -0.39 is 0 Å². The second-order valence-electron chi connectivity index (χ2n) is 3.59. The molecule has 0 spiro atoms. The predicted molar refractivity (Wildman–Crippen MR) is 67.1 cm³/mol. The molecule has 2 aromatic rings. The summed E-state index contributed by atoms with van der Waals surface area (Å²) in [5.74, 6) is 0.574. The summed E-state index contributed by atoms with van der Waals surface area (Å²) in [4.78, 5) is 18.3. The molecule has 5 nitrogen and oxygen atoms in total. The van der Waals surface area contributed by atoms with Gasteiger partial charge in [0.25, 0.3) is 5.56 Å². The standard InChI is InChI=1S/C10H14N4OS/c1-6-5-7-8(16-6)13-10(12-4-3-11)14(2)9(7)15/h5H,3-4,11H2,1-2H3,(H,12,13). The lowest BCUT2D eigenvalue weighted by atomic mass is 10.4. The molecular formula is C10H14N4OS. The van der Waals surface area contributed by atoms with Crippen LogP contribution in [0, 0.1) is 6.92 Å². The number of fused-ring (bicyclic) bond motifs is 1. The molecule has 3 N–H and O–H groups in total. The van der Waals surface area contributed by atoms with Crippen LogP contribution in [0.4, 0.5) is 5.95 Å². The number of nitrogens with one attached hydrogen (secondary N) is 1. The molecule has 0 aliphatic heterocycles. The van der Waals surface area contributed by atoms with Crippen molar-refractivity contribution in [1.82, 2.24) is 9.55 Å². The largest absolute Gasteiger partial charge is 0.354 e. The maximum absolute atomic E-state index is 12.0. The summed E-state index contributed by atoms with van der Waals surface area (Å²) in [7, 11) is 1.71. The van der Waals surface area contributed by atoms with Crippen molar-refractivity contribution in [3.05, 3.63) is 21.3 Å². The Hall–Kier alpha value is -1.40. The Morgan fingerprint density at radius 1 is 1.62 bits per heavy atom. The van der Waals surface area contributed by atoms with Gasteiger partial charge in [-0.3, -0.25) is 9.36 Å². The van der Waals surface area contributed by atoms with Crippen LogP contribution < -0.4 is 16.6 Å². The third-order valence-corrected chi connectivity index (χ3v) is 3.27. The first-order valence-electron chi connectivity index (χ1n) is 5.04. The normalized spacial score (nSPS) is 10.9. The number of nitrogens with zero attached hydrogens (tertiary/aromatic N) is 2. The number of aromatic nitrogens is 2. The van der Waals surface area contributed by atoms with Crippen LogP contribution in [0.25, 0.3) is 10.2 Å². The monoisotopic (exact) mass is 238 g/mol. The predicted octanol–water partition coefficient (Wildman–Crippen LogP) is 0.674. The number of hydrogen-bond acceptors (Lipinski definition) is 5. The minimum atomic E-state index is -0.0196. The maximum atomic E-state index is 12.0. The Labute approximate surface area is 96.9 Å². The molecule has 6 heteroatoms. The summed E-state index contributed by atoms with van der Waals surface area (Å²) >= 11 is 1.53. The highest BCUT2D eigenvalue weighted by atomic mass is 32.1. The molecule has 0 aliphatic carbocycles. The average molecular weight is 238 g/mol. The van der Waals surface area contributed by atoms with Gasteiger partial charge in [-0.05, 0) is 13.0 Å². The van der Waals surface area contributed by atoms with Crippen LogP contribution in [0.3, 0.4) is 0 Å². The van der Waals surface area contributed by atoms with Gasteiger partial charge in [0.2, 0.25) is 5.95 Å². The Balaban J connectivity index is 2.59. The summed E-state index contributed by atoms with van der Waals surface area (Å²) in [5.41, 5.74) is 5.39. The minimum absolute atomic E-state index is 0.0196. The van der Waals surface area contributed by atoms with Gasteiger partial charge in [0, 0.05) is 25.0 Å². The maximum Gasteiger partial charge on any atom is 0.263 e. The van der Waals surface area contributed by atoms with E-state index >= 15 is 0 Å². The topological polar surface area (TPSA) is 72.9 Å². The lowest BCUT2D eigenvalue weighted by Crippen LogP contribution is -2.24. The fourth-order valence-corrected chi connectivity index (χ4v) is 2.40. The van der Waals surface area contributed by atoms with Crippen LogP contribution in [0.1, 0.15) is 4.88 Å². The van der Waals surface area contributed by atoms with Crippen LogP contribution in [0.5, 0.6) is 0 Å².